The van der Waals surface area contributed by atoms with E-state index in [-0.39, 0.29) is 24.2 Å². The predicted octanol–water partition coefficient (Wildman–Crippen LogP) is 0.667. The van der Waals surface area contributed by atoms with Crippen LogP contribution in [0.5, 0.6) is 11.5 Å². The average Bonchev–Trinajstić information content (AvgIpc) is 2.68. The molecule has 0 aromatic heterocycles. The Balaban J connectivity index is 1.92. The Morgan fingerprint density at radius 1 is 1.17 bits per heavy atom. The van der Waals surface area contributed by atoms with Gasteiger partial charge in [0.05, 0.1) is 6.10 Å². The molecule has 0 spiro atoms. The fraction of sp³-hybridized carbons (Fsp3) is 0.550. The molecule has 1 saturated heterocycles. The topological polar surface area (TPSA) is 146 Å². The van der Waals surface area contributed by atoms with Gasteiger partial charge in [-0.1, -0.05) is 19.4 Å². The number of rotatable bonds is 8. The first-order chi connectivity index (χ1) is 13.7. The highest BCUT2D eigenvalue weighted by molar-refractivity contribution is 5.87. The van der Waals surface area contributed by atoms with Crippen molar-refractivity contribution < 1.29 is 44.5 Å². The van der Waals surface area contributed by atoms with E-state index in [4.69, 9.17) is 14.2 Å². The van der Waals surface area contributed by atoms with Crippen LogP contribution in [0.25, 0.3) is 6.08 Å². The summed E-state index contributed by atoms with van der Waals surface area (Å²) >= 11 is 0. The third-order valence-corrected chi connectivity index (χ3v) is 4.53. The van der Waals surface area contributed by atoms with Gasteiger partial charge in [0.15, 0.2) is 17.8 Å². The lowest BCUT2D eigenvalue weighted by molar-refractivity contribution is -0.310. The number of aromatic hydroxyl groups is 2. The smallest absolute Gasteiger partial charge is 0.330 e. The summed E-state index contributed by atoms with van der Waals surface area (Å²) in [5.74, 6) is -1.35. The van der Waals surface area contributed by atoms with E-state index < -0.39 is 36.7 Å². The molecule has 1 aromatic carbocycles. The second kappa shape index (κ2) is 10.6. The van der Waals surface area contributed by atoms with Crippen LogP contribution in [0.1, 0.15) is 32.3 Å². The monoisotopic (exact) mass is 412 g/mol. The summed E-state index contributed by atoms with van der Waals surface area (Å²) < 4.78 is 16.1. The molecule has 0 radical (unpaired) electrons. The fourth-order valence-electron chi connectivity index (χ4n) is 2.89. The second-order valence-electron chi connectivity index (χ2n) is 6.96. The molecule has 0 saturated carbocycles. The summed E-state index contributed by atoms with van der Waals surface area (Å²) in [5, 5.41) is 48.9. The van der Waals surface area contributed by atoms with Crippen molar-refractivity contribution in [2.75, 3.05) is 6.61 Å². The van der Waals surface area contributed by atoms with Crippen molar-refractivity contribution in [2.24, 2.45) is 0 Å². The summed E-state index contributed by atoms with van der Waals surface area (Å²) in [6, 6.07) is 4.03. The van der Waals surface area contributed by atoms with Gasteiger partial charge < -0.3 is 39.7 Å². The molecule has 0 aliphatic carbocycles. The number of hydrogen-bond donors (Lipinski definition) is 5. The SMILES string of the molecule is CCCC(C)OC1OC(COC(=O)C=Cc2ccc(O)c(O)c2)C(O)C(O)C1O. The highest BCUT2D eigenvalue weighted by Gasteiger charge is 2.45. The molecule has 9 nitrogen and oxygen atoms in total. The summed E-state index contributed by atoms with van der Waals surface area (Å²) in [7, 11) is 0. The van der Waals surface area contributed by atoms with Crippen LogP contribution in [-0.2, 0) is 19.0 Å². The fourth-order valence-corrected chi connectivity index (χ4v) is 2.89. The van der Waals surface area contributed by atoms with Crippen molar-refractivity contribution in [3.63, 3.8) is 0 Å². The van der Waals surface area contributed by atoms with Crippen molar-refractivity contribution in [3.05, 3.63) is 29.8 Å². The van der Waals surface area contributed by atoms with Crippen molar-refractivity contribution >= 4 is 12.0 Å². The van der Waals surface area contributed by atoms with Crippen molar-refractivity contribution in [2.45, 2.75) is 63.5 Å². The van der Waals surface area contributed by atoms with Crippen LogP contribution in [0.2, 0.25) is 0 Å². The summed E-state index contributed by atoms with van der Waals surface area (Å²) in [5.41, 5.74) is 0.461. The molecule has 6 atom stereocenters. The molecule has 1 fully saturated rings. The molecule has 0 amide bonds. The first-order valence-corrected chi connectivity index (χ1v) is 9.44. The van der Waals surface area contributed by atoms with E-state index in [0.29, 0.717) is 5.56 Å². The molecule has 0 bridgehead atoms. The van der Waals surface area contributed by atoms with Crippen LogP contribution in [0.4, 0.5) is 0 Å². The summed E-state index contributed by atoms with van der Waals surface area (Å²) in [4.78, 5) is 11.9. The Kier molecular flexibility index (Phi) is 8.42. The first-order valence-electron chi connectivity index (χ1n) is 9.44. The van der Waals surface area contributed by atoms with Crippen LogP contribution >= 0.6 is 0 Å². The van der Waals surface area contributed by atoms with E-state index in [1.54, 1.807) is 6.92 Å². The van der Waals surface area contributed by atoms with Crippen molar-refractivity contribution in [3.8, 4) is 11.5 Å². The molecule has 1 heterocycles. The molecule has 1 aliphatic rings. The lowest BCUT2D eigenvalue weighted by Gasteiger charge is -2.40. The standard InChI is InChI=1S/C20H28O9/c1-3-4-11(2)28-20-19(26)18(25)17(24)15(29-20)10-27-16(23)8-6-12-5-7-13(21)14(22)9-12/h5-9,11,15,17-22,24-26H,3-4,10H2,1-2H3. The van der Waals surface area contributed by atoms with Gasteiger partial charge in [-0.2, -0.15) is 0 Å². The lowest BCUT2D eigenvalue weighted by atomic mass is 9.99. The highest BCUT2D eigenvalue weighted by Crippen LogP contribution is 2.26. The number of hydrogen-bond acceptors (Lipinski definition) is 9. The Bertz CT molecular complexity index is 705. The number of carbonyl (C=O) groups excluding carboxylic acids is 1. The zero-order valence-electron chi connectivity index (χ0n) is 16.3. The second-order valence-corrected chi connectivity index (χ2v) is 6.96. The average molecular weight is 412 g/mol. The quantitative estimate of drug-likeness (QED) is 0.236. The number of ether oxygens (including phenoxy) is 3. The van der Waals surface area contributed by atoms with Gasteiger partial charge in [-0.25, -0.2) is 4.79 Å². The maximum absolute atomic E-state index is 11.9. The van der Waals surface area contributed by atoms with E-state index >= 15 is 0 Å². The number of phenolic OH excluding ortho intramolecular Hbond substituents is 2. The Hall–Kier alpha value is -2.17. The largest absolute Gasteiger partial charge is 0.504 e. The van der Waals surface area contributed by atoms with E-state index in [1.807, 2.05) is 6.92 Å². The summed E-state index contributed by atoms with van der Waals surface area (Å²) in [6.07, 6.45) is -2.81. The Labute approximate surface area is 168 Å². The van der Waals surface area contributed by atoms with Gasteiger partial charge >= 0.3 is 5.97 Å². The number of aliphatic hydroxyl groups is 3. The third-order valence-electron chi connectivity index (χ3n) is 4.53. The Morgan fingerprint density at radius 2 is 1.90 bits per heavy atom. The van der Waals surface area contributed by atoms with Crippen LogP contribution in [0.3, 0.4) is 0 Å². The number of phenols is 2. The lowest BCUT2D eigenvalue weighted by Crippen LogP contribution is -2.59. The van der Waals surface area contributed by atoms with Crippen LogP contribution in [-0.4, -0.2) is 74.9 Å². The molecule has 5 N–H and O–H groups in total. The molecule has 29 heavy (non-hydrogen) atoms. The van der Waals surface area contributed by atoms with Gasteiger partial charge in [0.1, 0.15) is 31.0 Å². The van der Waals surface area contributed by atoms with E-state index in [1.165, 1.54) is 24.3 Å². The van der Waals surface area contributed by atoms with Crippen LogP contribution in [0.15, 0.2) is 24.3 Å². The van der Waals surface area contributed by atoms with Crippen molar-refractivity contribution in [1.29, 1.82) is 0 Å². The highest BCUT2D eigenvalue weighted by atomic mass is 16.7. The molecule has 2 rings (SSSR count). The zero-order chi connectivity index (χ0) is 21.6. The Morgan fingerprint density at radius 3 is 2.55 bits per heavy atom. The molecule has 9 heteroatoms. The predicted molar refractivity (Wildman–Crippen MR) is 102 cm³/mol. The van der Waals surface area contributed by atoms with Gasteiger partial charge in [-0.15, -0.1) is 0 Å². The number of carbonyl (C=O) groups is 1. The van der Waals surface area contributed by atoms with E-state index in [0.717, 1.165) is 18.9 Å². The number of benzene rings is 1. The van der Waals surface area contributed by atoms with Gasteiger partial charge in [-0.3, -0.25) is 0 Å². The van der Waals surface area contributed by atoms with Crippen molar-refractivity contribution in [1.82, 2.24) is 0 Å². The molecule has 1 aliphatic heterocycles. The summed E-state index contributed by atoms with van der Waals surface area (Å²) in [6.45, 7) is 3.42. The molecule has 6 unspecified atom stereocenters. The van der Waals surface area contributed by atoms with Gasteiger partial charge in [0.25, 0.3) is 0 Å². The van der Waals surface area contributed by atoms with Gasteiger partial charge in [0, 0.05) is 6.08 Å². The maximum atomic E-state index is 11.9. The first kappa shape index (κ1) is 23.1. The minimum absolute atomic E-state index is 0.227. The van der Waals surface area contributed by atoms with Gasteiger partial charge in [-0.05, 0) is 37.1 Å². The molecule has 162 valence electrons. The molecular formula is C20H28O9. The third kappa shape index (κ3) is 6.41. The van der Waals surface area contributed by atoms with Gasteiger partial charge in [0.2, 0.25) is 0 Å². The molecule has 1 aromatic rings. The van der Waals surface area contributed by atoms with E-state index in [2.05, 4.69) is 0 Å². The normalized spacial score (nSPS) is 28.4. The molecular weight excluding hydrogens is 384 g/mol. The van der Waals surface area contributed by atoms with Crippen LogP contribution in [0, 0.1) is 0 Å². The zero-order valence-corrected chi connectivity index (χ0v) is 16.3. The maximum Gasteiger partial charge on any atom is 0.330 e. The number of aliphatic hydroxyl groups excluding tert-OH is 3. The minimum atomic E-state index is -1.51. The number of esters is 1. The van der Waals surface area contributed by atoms with Crippen LogP contribution < -0.4 is 0 Å². The van der Waals surface area contributed by atoms with E-state index in [9.17, 15) is 30.3 Å². The minimum Gasteiger partial charge on any atom is -0.504 e.